The summed E-state index contributed by atoms with van der Waals surface area (Å²) >= 11 is 0. The Balaban J connectivity index is 1.36. The molecule has 5 rings (SSSR count). The maximum atomic E-state index is 12.7. The molecule has 2 fully saturated rings. The Morgan fingerprint density at radius 3 is 2.46 bits per heavy atom. The molecule has 1 saturated carbocycles. The molecule has 1 saturated heterocycles. The first-order valence-electron chi connectivity index (χ1n) is 9.64. The quantitative estimate of drug-likeness (QED) is 0.681. The zero-order valence-corrected chi connectivity index (χ0v) is 15.8. The normalized spacial score (nSPS) is 17.3. The highest BCUT2D eigenvalue weighted by Gasteiger charge is 2.27. The van der Waals surface area contributed by atoms with E-state index in [2.05, 4.69) is 19.8 Å². The van der Waals surface area contributed by atoms with Crippen LogP contribution in [0.15, 0.2) is 46.5 Å². The minimum Gasteiger partial charge on any atom is -0.368 e. The van der Waals surface area contributed by atoms with Crippen LogP contribution in [0.3, 0.4) is 0 Å². The molecule has 28 heavy (non-hydrogen) atoms. The number of benzene rings is 1. The van der Waals surface area contributed by atoms with Crippen molar-refractivity contribution in [2.24, 2.45) is 7.05 Å². The molecule has 1 aromatic carbocycles. The Morgan fingerprint density at radius 2 is 1.71 bits per heavy atom. The Morgan fingerprint density at radius 1 is 0.964 bits per heavy atom. The van der Waals surface area contributed by atoms with Gasteiger partial charge < -0.3 is 18.9 Å². The van der Waals surface area contributed by atoms with Crippen molar-refractivity contribution in [3.8, 4) is 0 Å². The summed E-state index contributed by atoms with van der Waals surface area (Å²) in [7, 11) is 1.71. The SMILES string of the molecule is Cn1cnc2cc(N3CCN(c4nccn(C5CC5)c4=O)CC3)ccc2c1=O. The molecule has 3 aromatic rings. The van der Waals surface area contributed by atoms with Crippen LogP contribution in [-0.2, 0) is 7.05 Å². The van der Waals surface area contributed by atoms with Crippen LogP contribution in [0.5, 0.6) is 0 Å². The first kappa shape index (κ1) is 17.0. The summed E-state index contributed by atoms with van der Waals surface area (Å²) in [5.74, 6) is 0.553. The highest BCUT2D eigenvalue weighted by atomic mass is 16.1. The first-order chi connectivity index (χ1) is 13.6. The van der Waals surface area contributed by atoms with Crippen molar-refractivity contribution in [1.82, 2.24) is 19.1 Å². The van der Waals surface area contributed by atoms with E-state index in [1.165, 1.54) is 4.57 Å². The molecule has 0 amide bonds. The smallest absolute Gasteiger partial charge is 0.293 e. The molecule has 8 heteroatoms. The van der Waals surface area contributed by atoms with Crippen LogP contribution in [-0.4, -0.2) is 45.3 Å². The molecular weight excluding hydrogens is 356 g/mol. The van der Waals surface area contributed by atoms with E-state index in [1.807, 2.05) is 22.8 Å². The maximum absolute atomic E-state index is 12.7. The van der Waals surface area contributed by atoms with Gasteiger partial charge >= 0.3 is 0 Å². The Labute approximate surface area is 161 Å². The van der Waals surface area contributed by atoms with E-state index in [1.54, 1.807) is 25.8 Å². The Kier molecular flexibility index (Phi) is 3.92. The van der Waals surface area contributed by atoms with Crippen molar-refractivity contribution in [2.45, 2.75) is 18.9 Å². The van der Waals surface area contributed by atoms with Gasteiger partial charge in [-0.25, -0.2) is 9.97 Å². The number of piperazine rings is 1. The summed E-state index contributed by atoms with van der Waals surface area (Å²) < 4.78 is 3.31. The topological polar surface area (TPSA) is 76.3 Å². The van der Waals surface area contributed by atoms with Crippen LogP contribution >= 0.6 is 0 Å². The number of hydrogen-bond donors (Lipinski definition) is 0. The molecule has 0 bridgehead atoms. The van der Waals surface area contributed by atoms with E-state index < -0.39 is 0 Å². The van der Waals surface area contributed by atoms with Crippen molar-refractivity contribution in [1.29, 1.82) is 0 Å². The third-order valence-electron chi connectivity index (χ3n) is 5.64. The third-order valence-corrected chi connectivity index (χ3v) is 5.64. The van der Waals surface area contributed by atoms with Crippen LogP contribution in [0.25, 0.3) is 10.9 Å². The van der Waals surface area contributed by atoms with E-state index >= 15 is 0 Å². The monoisotopic (exact) mass is 378 g/mol. The standard InChI is InChI=1S/C20H22N6O2/c1-23-13-22-17-12-15(4-5-16(17)19(23)27)24-8-10-25(11-9-24)18-20(28)26(7-6-21-18)14-2-3-14/h4-7,12-14H,2-3,8-11H2,1H3. The lowest BCUT2D eigenvalue weighted by Gasteiger charge is -2.36. The lowest BCUT2D eigenvalue weighted by Crippen LogP contribution is -2.48. The molecule has 1 aliphatic heterocycles. The number of fused-ring (bicyclic) bond motifs is 1. The molecule has 0 radical (unpaired) electrons. The molecule has 0 atom stereocenters. The second kappa shape index (κ2) is 6.47. The molecule has 0 spiro atoms. The highest BCUT2D eigenvalue weighted by molar-refractivity contribution is 5.81. The van der Waals surface area contributed by atoms with E-state index in [4.69, 9.17) is 0 Å². The van der Waals surface area contributed by atoms with Gasteiger partial charge in [0.2, 0.25) is 0 Å². The molecule has 144 valence electrons. The number of anilines is 2. The van der Waals surface area contributed by atoms with Gasteiger partial charge in [-0.1, -0.05) is 0 Å². The van der Waals surface area contributed by atoms with Crippen molar-refractivity contribution in [3.63, 3.8) is 0 Å². The van der Waals surface area contributed by atoms with Crippen LogP contribution in [0.4, 0.5) is 11.5 Å². The number of rotatable bonds is 3. The van der Waals surface area contributed by atoms with Crippen molar-refractivity contribution in [2.75, 3.05) is 36.0 Å². The minimum atomic E-state index is -0.0385. The Hall–Kier alpha value is -3.16. The van der Waals surface area contributed by atoms with Gasteiger partial charge in [-0.05, 0) is 31.0 Å². The molecule has 8 nitrogen and oxygen atoms in total. The zero-order valence-electron chi connectivity index (χ0n) is 15.8. The fourth-order valence-electron chi connectivity index (χ4n) is 3.84. The van der Waals surface area contributed by atoms with Gasteiger partial charge in [-0.2, -0.15) is 0 Å². The predicted octanol–water partition coefficient (Wildman–Crippen LogP) is 1.15. The molecular formula is C20H22N6O2. The summed E-state index contributed by atoms with van der Waals surface area (Å²) in [6.45, 7) is 3.05. The van der Waals surface area contributed by atoms with Crippen LogP contribution in [0.1, 0.15) is 18.9 Å². The van der Waals surface area contributed by atoms with Gasteiger partial charge in [0.25, 0.3) is 11.1 Å². The molecule has 2 aliphatic rings. The average Bonchev–Trinajstić information content (AvgIpc) is 3.56. The lowest BCUT2D eigenvalue weighted by molar-refractivity contribution is 0.629. The number of nitrogens with zero attached hydrogens (tertiary/aromatic N) is 6. The molecule has 1 aliphatic carbocycles. The molecule has 0 unspecified atom stereocenters. The van der Waals surface area contributed by atoms with E-state index in [0.29, 0.717) is 22.8 Å². The summed E-state index contributed by atoms with van der Waals surface area (Å²) in [5.41, 5.74) is 1.73. The second-order valence-corrected chi connectivity index (χ2v) is 7.53. The van der Waals surface area contributed by atoms with Crippen LogP contribution in [0.2, 0.25) is 0 Å². The van der Waals surface area contributed by atoms with Gasteiger partial charge in [0, 0.05) is 57.3 Å². The summed E-state index contributed by atoms with van der Waals surface area (Å²) in [6, 6.07) is 6.14. The van der Waals surface area contributed by atoms with E-state index in [9.17, 15) is 9.59 Å². The van der Waals surface area contributed by atoms with E-state index in [0.717, 1.165) is 44.7 Å². The summed E-state index contributed by atoms with van der Waals surface area (Å²) in [4.78, 5) is 38.0. The van der Waals surface area contributed by atoms with Gasteiger partial charge in [-0.15, -0.1) is 0 Å². The van der Waals surface area contributed by atoms with Gasteiger partial charge in [0.05, 0.1) is 17.2 Å². The predicted molar refractivity (Wildman–Crippen MR) is 108 cm³/mol. The molecule has 2 aromatic heterocycles. The largest absolute Gasteiger partial charge is 0.368 e. The van der Waals surface area contributed by atoms with Gasteiger partial charge in [-0.3, -0.25) is 9.59 Å². The zero-order chi connectivity index (χ0) is 19.3. The number of aromatic nitrogens is 4. The van der Waals surface area contributed by atoms with Crippen LogP contribution in [0, 0.1) is 0 Å². The van der Waals surface area contributed by atoms with E-state index in [-0.39, 0.29) is 11.1 Å². The molecule has 0 N–H and O–H groups in total. The van der Waals surface area contributed by atoms with Gasteiger partial charge in [0.1, 0.15) is 0 Å². The highest BCUT2D eigenvalue weighted by Crippen LogP contribution is 2.33. The Bertz CT molecular complexity index is 1160. The molecule has 3 heterocycles. The fourth-order valence-corrected chi connectivity index (χ4v) is 3.84. The summed E-state index contributed by atoms with van der Waals surface area (Å²) in [6.07, 6.45) is 7.24. The van der Waals surface area contributed by atoms with Crippen molar-refractivity contribution >= 4 is 22.4 Å². The fraction of sp³-hybridized carbons (Fsp3) is 0.400. The number of aryl methyl sites for hydroxylation is 1. The first-order valence-corrected chi connectivity index (χ1v) is 9.64. The number of hydrogen-bond acceptors (Lipinski definition) is 6. The maximum Gasteiger partial charge on any atom is 0.293 e. The third kappa shape index (κ3) is 2.85. The van der Waals surface area contributed by atoms with Crippen molar-refractivity contribution < 1.29 is 0 Å². The van der Waals surface area contributed by atoms with Crippen molar-refractivity contribution in [3.05, 3.63) is 57.6 Å². The minimum absolute atomic E-state index is 0.0178. The lowest BCUT2D eigenvalue weighted by atomic mass is 10.2. The van der Waals surface area contributed by atoms with Crippen LogP contribution < -0.4 is 20.9 Å². The second-order valence-electron chi connectivity index (χ2n) is 7.53. The average molecular weight is 378 g/mol. The van der Waals surface area contributed by atoms with Gasteiger partial charge in [0.15, 0.2) is 5.82 Å². The summed E-state index contributed by atoms with van der Waals surface area (Å²) in [5, 5.41) is 0.626.